The van der Waals surface area contributed by atoms with Crippen LogP contribution in [0.2, 0.25) is 0 Å². The molecule has 0 saturated heterocycles. The molecule has 0 radical (unpaired) electrons. The quantitative estimate of drug-likeness (QED) is 0.425. The zero-order valence-electron chi connectivity index (χ0n) is 18.8. The van der Waals surface area contributed by atoms with Crippen LogP contribution in [0.15, 0.2) is 30.5 Å². The fraction of sp³-hybridized carbons (Fsp3) is 0.333. The zero-order chi connectivity index (χ0) is 23.6. The molecule has 0 aliphatic carbocycles. The normalized spacial score (nSPS) is 11.2. The van der Waals surface area contributed by atoms with Crippen LogP contribution in [0, 0.1) is 30.9 Å². The van der Waals surface area contributed by atoms with Crippen molar-refractivity contribution in [2.24, 2.45) is 0 Å². The third-order valence-electron chi connectivity index (χ3n) is 4.33. The first kappa shape index (κ1) is 22.7. The molecule has 0 aliphatic heterocycles. The van der Waals surface area contributed by atoms with E-state index >= 15 is 0 Å². The van der Waals surface area contributed by atoms with Crippen LogP contribution in [0.1, 0.15) is 37.6 Å². The Morgan fingerprint density at radius 2 is 1.91 bits per heavy atom. The summed E-state index contributed by atoms with van der Waals surface area (Å²) >= 11 is 0. The van der Waals surface area contributed by atoms with E-state index in [1.807, 2.05) is 6.92 Å². The number of nitrogens with one attached hydrogen (secondary N) is 2. The average molecular weight is 439 g/mol. The summed E-state index contributed by atoms with van der Waals surface area (Å²) < 4.78 is 5.57. The summed E-state index contributed by atoms with van der Waals surface area (Å²) in [5, 5.41) is 21.1. The number of non-ortho nitro benzene ring substituents is 1. The number of ether oxygens (including phenoxy) is 1. The molecule has 2 aromatic heterocycles. The number of nitro benzene ring substituents is 1. The summed E-state index contributed by atoms with van der Waals surface area (Å²) in [5.74, 6) is 0.748. The van der Waals surface area contributed by atoms with Gasteiger partial charge in [-0.05, 0) is 47.1 Å². The van der Waals surface area contributed by atoms with E-state index in [1.165, 1.54) is 17.0 Å². The molecule has 0 fully saturated rings. The van der Waals surface area contributed by atoms with Crippen molar-refractivity contribution < 1.29 is 14.5 Å². The molecule has 2 heterocycles. The number of hydrogen-bond acceptors (Lipinski definition) is 8. The Kier molecular flexibility index (Phi) is 6.10. The summed E-state index contributed by atoms with van der Waals surface area (Å²) in [4.78, 5) is 33.7. The maximum absolute atomic E-state index is 13.1. The number of hydrogen-bond donors (Lipinski definition) is 2. The van der Waals surface area contributed by atoms with Gasteiger partial charge in [0.1, 0.15) is 5.60 Å². The number of aromatic nitrogens is 4. The number of benzene rings is 1. The Bertz CT molecular complexity index is 1170. The molecule has 0 aliphatic rings. The molecule has 0 bridgehead atoms. The fourth-order valence-electron chi connectivity index (χ4n) is 2.81. The highest BCUT2D eigenvalue weighted by molar-refractivity contribution is 5.95. The lowest BCUT2D eigenvalue weighted by atomic mass is 10.2. The Balaban J connectivity index is 2.04. The SMILES string of the molecule is Cc1cc(N(C(=O)OC(C)(C)C)c2nc(Nc3cc([N+](=O)[O-])ccc3C)ncc2C)n[nH]1. The molecule has 1 aromatic carbocycles. The predicted molar refractivity (Wildman–Crippen MR) is 120 cm³/mol. The van der Waals surface area contributed by atoms with Crippen LogP contribution in [0.4, 0.5) is 33.8 Å². The van der Waals surface area contributed by atoms with E-state index in [1.54, 1.807) is 52.9 Å². The Morgan fingerprint density at radius 1 is 1.19 bits per heavy atom. The number of carbonyl (C=O) groups excluding carboxylic acids is 1. The number of carbonyl (C=O) groups is 1. The highest BCUT2D eigenvalue weighted by atomic mass is 16.6. The lowest BCUT2D eigenvalue weighted by molar-refractivity contribution is -0.384. The third-order valence-corrected chi connectivity index (χ3v) is 4.33. The van der Waals surface area contributed by atoms with Crippen LogP contribution in [0.25, 0.3) is 0 Å². The molecular formula is C21H25N7O4. The van der Waals surface area contributed by atoms with Crippen LogP contribution in [0.5, 0.6) is 0 Å². The second kappa shape index (κ2) is 8.61. The molecule has 0 spiro atoms. The van der Waals surface area contributed by atoms with Gasteiger partial charge in [0.25, 0.3) is 5.69 Å². The fourth-order valence-corrected chi connectivity index (χ4v) is 2.81. The molecule has 11 heteroatoms. The summed E-state index contributed by atoms with van der Waals surface area (Å²) in [7, 11) is 0. The largest absolute Gasteiger partial charge is 0.443 e. The average Bonchev–Trinajstić information content (AvgIpc) is 3.10. The van der Waals surface area contributed by atoms with Crippen molar-refractivity contribution in [2.45, 2.75) is 47.1 Å². The maximum atomic E-state index is 13.1. The van der Waals surface area contributed by atoms with Crippen LogP contribution in [0.3, 0.4) is 0 Å². The van der Waals surface area contributed by atoms with Crippen molar-refractivity contribution in [1.29, 1.82) is 0 Å². The van der Waals surface area contributed by atoms with Gasteiger partial charge in [-0.1, -0.05) is 6.07 Å². The molecule has 1 amide bonds. The van der Waals surface area contributed by atoms with Gasteiger partial charge in [0, 0.05) is 35.7 Å². The van der Waals surface area contributed by atoms with Gasteiger partial charge in [-0.2, -0.15) is 10.1 Å². The van der Waals surface area contributed by atoms with Gasteiger partial charge < -0.3 is 10.1 Å². The molecule has 3 rings (SSSR count). The number of rotatable bonds is 5. The highest BCUT2D eigenvalue weighted by Gasteiger charge is 2.29. The predicted octanol–water partition coefficient (Wildman–Crippen LogP) is 4.85. The second-order valence-corrected chi connectivity index (χ2v) is 8.31. The number of aromatic amines is 1. The second-order valence-electron chi connectivity index (χ2n) is 8.31. The molecule has 2 N–H and O–H groups in total. The number of H-pyrrole nitrogens is 1. The zero-order valence-corrected chi connectivity index (χ0v) is 18.8. The number of amides is 1. The Labute approximate surface area is 185 Å². The van der Waals surface area contributed by atoms with Gasteiger partial charge in [-0.15, -0.1) is 0 Å². The van der Waals surface area contributed by atoms with E-state index in [4.69, 9.17) is 4.74 Å². The van der Waals surface area contributed by atoms with Gasteiger partial charge in [-0.25, -0.2) is 14.7 Å². The lowest BCUT2D eigenvalue weighted by Gasteiger charge is -2.26. The number of nitro groups is 1. The van der Waals surface area contributed by atoms with Crippen molar-refractivity contribution in [2.75, 3.05) is 10.2 Å². The minimum absolute atomic E-state index is 0.0622. The van der Waals surface area contributed by atoms with E-state index in [0.29, 0.717) is 17.1 Å². The van der Waals surface area contributed by atoms with E-state index in [9.17, 15) is 14.9 Å². The summed E-state index contributed by atoms with van der Waals surface area (Å²) in [6.07, 6.45) is 0.900. The van der Waals surface area contributed by atoms with Crippen LogP contribution in [-0.4, -0.2) is 36.8 Å². The maximum Gasteiger partial charge on any atom is 0.422 e. The molecule has 0 unspecified atom stereocenters. The summed E-state index contributed by atoms with van der Waals surface area (Å²) in [6.45, 7) is 10.7. The topological polar surface area (TPSA) is 139 Å². The smallest absolute Gasteiger partial charge is 0.422 e. The van der Waals surface area contributed by atoms with E-state index < -0.39 is 16.6 Å². The highest BCUT2D eigenvalue weighted by Crippen LogP contribution is 2.30. The van der Waals surface area contributed by atoms with Crippen molar-refractivity contribution in [3.63, 3.8) is 0 Å². The number of anilines is 4. The van der Waals surface area contributed by atoms with E-state index in [2.05, 4.69) is 25.5 Å². The minimum atomic E-state index is -0.733. The Hall–Kier alpha value is -4.02. The van der Waals surface area contributed by atoms with Gasteiger partial charge in [0.15, 0.2) is 11.6 Å². The number of aryl methyl sites for hydroxylation is 3. The van der Waals surface area contributed by atoms with Gasteiger partial charge in [0.05, 0.1) is 10.6 Å². The van der Waals surface area contributed by atoms with Crippen LogP contribution < -0.4 is 10.2 Å². The van der Waals surface area contributed by atoms with E-state index in [0.717, 1.165) is 11.3 Å². The minimum Gasteiger partial charge on any atom is -0.443 e. The molecule has 0 saturated carbocycles. The van der Waals surface area contributed by atoms with E-state index in [-0.39, 0.29) is 17.5 Å². The van der Waals surface area contributed by atoms with Crippen molar-refractivity contribution in [3.05, 3.63) is 57.4 Å². The van der Waals surface area contributed by atoms with Crippen LogP contribution in [-0.2, 0) is 4.74 Å². The molecule has 3 aromatic rings. The number of nitrogens with zero attached hydrogens (tertiary/aromatic N) is 5. The third kappa shape index (κ3) is 5.17. The van der Waals surface area contributed by atoms with Crippen LogP contribution >= 0.6 is 0 Å². The lowest BCUT2D eigenvalue weighted by Crippen LogP contribution is -2.35. The first-order valence-corrected chi connectivity index (χ1v) is 9.85. The molecule has 32 heavy (non-hydrogen) atoms. The van der Waals surface area contributed by atoms with Gasteiger partial charge >= 0.3 is 6.09 Å². The first-order chi connectivity index (χ1) is 14.9. The standard InChI is InChI=1S/C21H25N7O4/c1-12-7-8-15(28(30)31)10-16(12)23-19-22-11-13(2)18(24-19)27(17-9-14(3)25-26-17)20(29)32-21(4,5)6/h7-11H,1-6H3,(H,25,26)(H,22,23,24). The van der Waals surface area contributed by atoms with Gasteiger partial charge in [-0.3, -0.25) is 15.2 Å². The Morgan fingerprint density at radius 3 is 2.50 bits per heavy atom. The van der Waals surface area contributed by atoms with Crippen molar-refractivity contribution >= 4 is 35.1 Å². The monoisotopic (exact) mass is 439 g/mol. The molecule has 0 atom stereocenters. The molecular weight excluding hydrogens is 414 g/mol. The first-order valence-electron chi connectivity index (χ1n) is 9.85. The summed E-state index contributed by atoms with van der Waals surface area (Å²) in [6, 6.07) is 6.16. The van der Waals surface area contributed by atoms with Crippen molar-refractivity contribution in [1.82, 2.24) is 20.2 Å². The van der Waals surface area contributed by atoms with Gasteiger partial charge in [0.2, 0.25) is 5.95 Å². The van der Waals surface area contributed by atoms with Crippen molar-refractivity contribution in [3.8, 4) is 0 Å². The summed E-state index contributed by atoms with van der Waals surface area (Å²) in [5.41, 5.74) is 1.82. The molecule has 168 valence electrons. The molecule has 11 nitrogen and oxygen atoms in total.